The van der Waals surface area contributed by atoms with E-state index in [2.05, 4.69) is 0 Å². The molecule has 0 spiro atoms. The van der Waals surface area contributed by atoms with Crippen LogP contribution in [0.3, 0.4) is 0 Å². The molecule has 2 rings (SSSR count). The molecule has 0 aromatic heterocycles. The molecule has 1 aliphatic carbocycles. The molecule has 1 saturated carbocycles. The van der Waals surface area contributed by atoms with Gasteiger partial charge in [0.25, 0.3) is 0 Å². The van der Waals surface area contributed by atoms with Crippen LogP contribution in [-0.2, 0) is 0 Å². The number of nitrogens with two attached hydrogens (primary N) is 1. The molecule has 1 aromatic rings. The van der Waals surface area contributed by atoms with Crippen LogP contribution in [0.1, 0.15) is 26.7 Å². The maximum Gasteiger partial charge on any atom is 0.333 e. The lowest BCUT2D eigenvalue weighted by atomic mass is 10.1. The van der Waals surface area contributed by atoms with E-state index in [-0.39, 0.29) is 22.8 Å². The van der Waals surface area contributed by atoms with E-state index in [0.29, 0.717) is 23.9 Å². The monoisotopic (exact) mass is 293 g/mol. The number of nitro benzene ring substituents is 1. The lowest BCUT2D eigenvalue weighted by Crippen LogP contribution is -2.40. The number of rotatable bonds is 7. The number of nitro groups is 1. The molecule has 6 nitrogen and oxygen atoms in total. The van der Waals surface area contributed by atoms with Gasteiger partial charge in [-0.05, 0) is 44.7 Å². The van der Waals surface area contributed by atoms with Crippen LogP contribution >= 0.6 is 0 Å². The number of hydrogen-bond donors (Lipinski definition) is 1. The van der Waals surface area contributed by atoms with Crippen molar-refractivity contribution in [2.45, 2.75) is 38.8 Å². The van der Waals surface area contributed by atoms with Crippen molar-refractivity contribution in [3.05, 3.63) is 28.3 Å². The summed E-state index contributed by atoms with van der Waals surface area (Å²) in [4.78, 5) is 13.1. The smallest absolute Gasteiger partial charge is 0.333 e. The van der Waals surface area contributed by atoms with Crippen LogP contribution < -0.4 is 15.4 Å². The van der Waals surface area contributed by atoms with Crippen molar-refractivity contribution in [1.82, 2.24) is 0 Å². The Morgan fingerprint density at radius 1 is 1.48 bits per heavy atom. The van der Waals surface area contributed by atoms with Crippen LogP contribution in [0.25, 0.3) is 0 Å². The number of ether oxygens (including phenoxy) is 1. The highest BCUT2D eigenvalue weighted by atomic mass is 16.6. The summed E-state index contributed by atoms with van der Waals surface area (Å²) in [5.74, 6) is 0.847. The van der Waals surface area contributed by atoms with E-state index in [1.54, 1.807) is 18.2 Å². The molecule has 0 radical (unpaired) electrons. The highest BCUT2D eigenvalue weighted by Gasteiger charge is 2.35. The maximum absolute atomic E-state index is 11.5. The van der Waals surface area contributed by atoms with Gasteiger partial charge in [0.15, 0.2) is 5.75 Å². The minimum atomic E-state index is -0.371. The first-order valence-electron chi connectivity index (χ1n) is 7.32. The van der Waals surface area contributed by atoms with Crippen LogP contribution in [0.2, 0.25) is 0 Å². The molecule has 1 unspecified atom stereocenters. The van der Waals surface area contributed by atoms with Crippen molar-refractivity contribution >= 4 is 11.4 Å². The standard InChI is InChI=1S/C15H23N3O3/c1-10(2)21-14-6-4-5-12(15(14)18(19)20)17(3)13(9-16)11-7-8-11/h4-6,10-11,13H,7-9,16H2,1-3H3. The average molecular weight is 293 g/mol. The summed E-state index contributed by atoms with van der Waals surface area (Å²) in [7, 11) is 1.87. The van der Waals surface area contributed by atoms with Crippen LogP contribution in [0.4, 0.5) is 11.4 Å². The minimum absolute atomic E-state index is 0.0211. The van der Waals surface area contributed by atoms with Gasteiger partial charge in [-0.3, -0.25) is 10.1 Å². The number of anilines is 1. The Labute approximate surface area is 125 Å². The molecule has 1 aromatic carbocycles. The van der Waals surface area contributed by atoms with Crippen molar-refractivity contribution in [3.8, 4) is 5.75 Å². The zero-order valence-electron chi connectivity index (χ0n) is 12.8. The fourth-order valence-corrected chi connectivity index (χ4v) is 2.65. The van der Waals surface area contributed by atoms with Crippen LogP contribution in [0.5, 0.6) is 5.75 Å². The molecular formula is C15H23N3O3. The van der Waals surface area contributed by atoms with Gasteiger partial charge in [0.1, 0.15) is 5.69 Å². The SMILES string of the molecule is CC(C)Oc1cccc(N(C)C(CN)C2CC2)c1[N+](=O)[O-]. The van der Waals surface area contributed by atoms with Crippen molar-refractivity contribution in [2.75, 3.05) is 18.5 Å². The summed E-state index contributed by atoms with van der Waals surface area (Å²) in [5, 5.41) is 11.5. The number of hydrogen-bond acceptors (Lipinski definition) is 5. The zero-order chi connectivity index (χ0) is 15.6. The first-order valence-corrected chi connectivity index (χ1v) is 7.32. The topological polar surface area (TPSA) is 81.6 Å². The first kappa shape index (κ1) is 15.6. The first-order chi connectivity index (χ1) is 9.95. The summed E-state index contributed by atoms with van der Waals surface area (Å²) in [6.45, 7) is 4.20. The van der Waals surface area contributed by atoms with Crippen molar-refractivity contribution < 1.29 is 9.66 Å². The van der Waals surface area contributed by atoms with Gasteiger partial charge in [0, 0.05) is 19.6 Å². The van der Waals surface area contributed by atoms with Gasteiger partial charge in [-0.2, -0.15) is 0 Å². The third-order valence-electron chi connectivity index (χ3n) is 3.81. The van der Waals surface area contributed by atoms with Crippen LogP contribution in [0.15, 0.2) is 18.2 Å². The van der Waals surface area contributed by atoms with Gasteiger partial charge in [0.2, 0.25) is 0 Å². The second-order valence-electron chi connectivity index (χ2n) is 5.80. The highest BCUT2D eigenvalue weighted by Crippen LogP contribution is 2.41. The quantitative estimate of drug-likeness (QED) is 0.617. The van der Waals surface area contributed by atoms with Gasteiger partial charge < -0.3 is 15.4 Å². The Morgan fingerprint density at radius 2 is 2.14 bits per heavy atom. The fourth-order valence-electron chi connectivity index (χ4n) is 2.65. The Kier molecular flexibility index (Phi) is 4.67. The maximum atomic E-state index is 11.5. The molecule has 1 atom stereocenters. The largest absolute Gasteiger partial charge is 0.484 e. The zero-order valence-corrected chi connectivity index (χ0v) is 12.8. The molecule has 21 heavy (non-hydrogen) atoms. The van der Waals surface area contributed by atoms with Gasteiger partial charge >= 0.3 is 5.69 Å². The second-order valence-corrected chi connectivity index (χ2v) is 5.80. The van der Waals surface area contributed by atoms with E-state index in [1.807, 2.05) is 25.8 Å². The normalized spacial score (nSPS) is 15.9. The van der Waals surface area contributed by atoms with Crippen LogP contribution in [0, 0.1) is 16.0 Å². The third kappa shape index (κ3) is 3.44. The number of benzene rings is 1. The Hall–Kier alpha value is -1.82. The average Bonchev–Trinajstić information content (AvgIpc) is 3.22. The molecule has 0 amide bonds. The number of para-hydroxylation sites is 1. The fraction of sp³-hybridized carbons (Fsp3) is 0.600. The third-order valence-corrected chi connectivity index (χ3v) is 3.81. The van der Waals surface area contributed by atoms with Gasteiger partial charge in [0.05, 0.1) is 11.0 Å². The summed E-state index contributed by atoms with van der Waals surface area (Å²) in [6, 6.07) is 5.33. The van der Waals surface area contributed by atoms with Crippen molar-refractivity contribution in [1.29, 1.82) is 0 Å². The van der Waals surface area contributed by atoms with E-state index < -0.39 is 0 Å². The van der Waals surface area contributed by atoms with Crippen molar-refractivity contribution in [2.24, 2.45) is 11.7 Å². The van der Waals surface area contributed by atoms with E-state index in [9.17, 15) is 10.1 Å². The van der Waals surface area contributed by atoms with E-state index in [1.165, 1.54) is 0 Å². The molecule has 6 heteroatoms. The second kappa shape index (κ2) is 6.30. The van der Waals surface area contributed by atoms with Gasteiger partial charge in [-0.25, -0.2) is 0 Å². The Balaban J connectivity index is 2.39. The lowest BCUT2D eigenvalue weighted by molar-refractivity contribution is -0.385. The molecule has 1 fully saturated rings. The predicted molar refractivity (Wildman–Crippen MR) is 82.8 cm³/mol. The highest BCUT2D eigenvalue weighted by molar-refractivity contribution is 5.70. The molecule has 1 aliphatic rings. The lowest BCUT2D eigenvalue weighted by Gasteiger charge is -2.29. The summed E-state index contributed by atoms with van der Waals surface area (Å²) in [6.07, 6.45) is 2.17. The van der Waals surface area contributed by atoms with Gasteiger partial charge in [-0.15, -0.1) is 0 Å². The van der Waals surface area contributed by atoms with E-state index in [4.69, 9.17) is 10.5 Å². The summed E-state index contributed by atoms with van der Waals surface area (Å²) < 4.78 is 5.59. The summed E-state index contributed by atoms with van der Waals surface area (Å²) >= 11 is 0. The van der Waals surface area contributed by atoms with Crippen LogP contribution in [-0.4, -0.2) is 30.7 Å². The van der Waals surface area contributed by atoms with E-state index >= 15 is 0 Å². The summed E-state index contributed by atoms with van der Waals surface area (Å²) in [5.41, 5.74) is 6.45. The molecule has 0 saturated heterocycles. The molecule has 0 aliphatic heterocycles. The van der Waals surface area contributed by atoms with Crippen molar-refractivity contribution in [3.63, 3.8) is 0 Å². The van der Waals surface area contributed by atoms with Gasteiger partial charge in [-0.1, -0.05) is 6.07 Å². The number of likely N-dealkylation sites (N-methyl/N-ethyl adjacent to an activating group) is 1. The van der Waals surface area contributed by atoms with E-state index in [0.717, 1.165) is 12.8 Å². The predicted octanol–water partition coefficient (Wildman–Crippen LogP) is 2.56. The Bertz CT molecular complexity index is 515. The number of nitrogens with zero attached hydrogens (tertiary/aromatic N) is 2. The molecule has 0 bridgehead atoms. The molecule has 116 valence electrons. The minimum Gasteiger partial charge on any atom is -0.484 e. The molecule has 2 N–H and O–H groups in total. The molecule has 0 heterocycles. The Morgan fingerprint density at radius 3 is 2.62 bits per heavy atom. The molecular weight excluding hydrogens is 270 g/mol.